The van der Waals surface area contributed by atoms with Gasteiger partial charge < -0.3 is 4.74 Å². The van der Waals surface area contributed by atoms with Crippen molar-refractivity contribution in [3.05, 3.63) is 132 Å². The van der Waals surface area contributed by atoms with E-state index >= 15 is 0 Å². The predicted molar refractivity (Wildman–Crippen MR) is 159 cm³/mol. The fraction of sp³-hybridized carbons (Fsp3) is 0.0312. The monoisotopic (exact) mass is 528 g/mol. The Kier molecular flexibility index (Phi) is 6.80. The van der Waals surface area contributed by atoms with Gasteiger partial charge in [0.15, 0.2) is 5.17 Å². The number of benzene rings is 4. The average Bonchev–Trinajstić information content (AvgIpc) is 3.55. The number of aliphatic imine (C=N–C) groups is 1. The van der Waals surface area contributed by atoms with Crippen LogP contribution in [0.3, 0.4) is 0 Å². The highest BCUT2D eigenvalue weighted by Gasteiger charge is 2.35. The van der Waals surface area contributed by atoms with Gasteiger partial charge in [-0.2, -0.15) is 5.10 Å². The molecule has 0 bridgehead atoms. The maximum Gasteiger partial charge on any atom is 0.271 e. The third kappa shape index (κ3) is 5.12. The zero-order valence-corrected chi connectivity index (χ0v) is 22.0. The standard InChI is InChI=1S/C32H24N4O2S/c1-38-28-19-17-23(18-20-28)30-24(22-35(34-30)26-13-7-3-8-14-26)21-29-31(37)36(27-15-9-4-10-16-27)32(39-29)33-25-11-5-2-6-12-25/h2-22H,1H3/b29-21-,33-32?. The Morgan fingerprint density at radius 1 is 0.795 bits per heavy atom. The van der Waals surface area contributed by atoms with E-state index in [0.29, 0.717) is 10.1 Å². The Bertz CT molecular complexity index is 1660. The highest BCUT2D eigenvalue weighted by Crippen LogP contribution is 2.38. The normalized spacial score (nSPS) is 15.3. The molecule has 7 heteroatoms. The van der Waals surface area contributed by atoms with Crippen molar-refractivity contribution >= 4 is 40.3 Å². The van der Waals surface area contributed by atoms with Crippen LogP contribution in [0.4, 0.5) is 11.4 Å². The molecule has 0 aliphatic carbocycles. The minimum absolute atomic E-state index is 0.131. The maximum atomic E-state index is 13.8. The predicted octanol–water partition coefficient (Wildman–Crippen LogP) is 7.36. The Morgan fingerprint density at radius 3 is 2.05 bits per heavy atom. The second-order valence-electron chi connectivity index (χ2n) is 8.76. The van der Waals surface area contributed by atoms with E-state index in [0.717, 1.165) is 39.6 Å². The van der Waals surface area contributed by atoms with Gasteiger partial charge in [-0.25, -0.2) is 9.67 Å². The lowest BCUT2D eigenvalue weighted by atomic mass is 10.1. The third-order valence-electron chi connectivity index (χ3n) is 6.22. The quantitative estimate of drug-likeness (QED) is 0.216. The molecule has 6 nitrogen and oxygen atoms in total. The summed E-state index contributed by atoms with van der Waals surface area (Å²) in [5.41, 5.74) is 5.00. The zero-order valence-electron chi connectivity index (χ0n) is 21.1. The number of amides is 1. The van der Waals surface area contributed by atoms with Crippen LogP contribution in [-0.4, -0.2) is 28.0 Å². The van der Waals surface area contributed by atoms with Gasteiger partial charge in [-0.1, -0.05) is 54.6 Å². The number of methoxy groups -OCH3 is 1. The van der Waals surface area contributed by atoms with Crippen molar-refractivity contribution < 1.29 is 9.53 Å². The summed E-state index contributed by atoms with van der Waals surface area (Å²) in [6, 6.07) is 36.9. The number of thioether (sulfide) groups is 1. The fourth-order valence-corrected chi connectivity index (χ4v) is 5.28. The molecule has 1 saturated heterocycles. The van der Waals surface area contributed by atoms with Crippen LogP contribution in [0, 0.1) is 0 Å². The molecule has 6 rings (SSSR count). The molecule has 2 heterocycles. The molecular weight excluding hydrogens is 504 g/mol. The van der Waals surface area contributed by atoms with E-state index in [4.69, 9.17) is 14.8 Å². The number of hydrogen-bond donors (Lipinski definition) is 0. The lowest BCUT2D eigenvalue weighted by Gasteiger charge is -2.15. The van der Waals surface area contributed by atoms with Crippen LogP contribution in [-0.2, 0) is 4.79 Å². The molecule has 0 N–H and O–H groups in total. The molecule has 0 radical (unpaired) electrons. The van der Waals surface area contributed by atoms with E-state index in [-0.39, 0.29) is 5.91 Å². The molecule has 39 heavy (non-hydrogen) atoms. The molecule has 1 aliphatic rings. The molecule has 0 atom stereocenters. The Labute approximate surface area is 230 Å². The van der Waals surface area contributed by atoms with Crippen LogP contribution < -0.4 is 9.64 Å². The highest BCUT2D eigenvalue weighted by atomic mass is 32.2. The maximum absolute atomic E-state index is 13.8. The van der Waals surface area contributed by atoms with Crippen LogP contribution >= 0.6 is 11.8 Å². The number of anilines is 1. The van der Waals surface area contributed by atoms with Gasteiger partial charge in [-0.15, -0.1) is 0 Å². The topological polar surface area (TPSA) is 59.7 Å². The number of rotatable bonds is 6. The lowest BCUT2D eigenvalue weighted by molar-refractivity contribution is -0.113. The number of hydrogen-bond acceptors (Lipinski definition) is 5. The first kappa shape index (κ1) is 24.5. The summed E-state index contributed by atoms with van der Waals surface area (Å²) < 4.78 is 7.18. The first-order chi connectivity index (χ1) is 19.2. The summed E-state index contributed by atoms with van der Waals surface area (Å²) in [6.45, 7) is 0. The van der Waals surface area contributed by atoms with Crippen molar-refractivity contribution in [2.75, 3.05) is 12.0 Å². The minimum Gasteiger partial charge on any atom is -0.497 e. The van der Waals surface area contributed by atoms with E-state index in [1.54, 1.807) is 12.0 Å². The van der Waals surface area contributed by atoms with Crippen molar-refractivity contribution in [1.29, 1.82) is 0 Å². The van der Waals surface area contributed by atoms with E-state index in [1.165, 1.54) is 11.8 Å². The summed E-state index contributed by atoms with van der Waals surface area (Å²) in [7, 11) is 1.64. The molecule has 1 amide bonds. The SMILES string of the molecule is COc1ccc(-c2nn(-c3ccccc3)cc2/C=C2\SC(=Nc3ccccc3)N(c3ccccc3)C2=O)cc1. The highest BCUT2D eigenvalue weighted by molar-refractivity contribution is 8.19. The van der Waals surface area contributed by atoms with E-state index in [2.05, 4.69) is 0 Å². The van der Waals surface area contributed by atoms with Crippen LogP contribution in [0.5, 0.6) is 5.75 Å². The largest absolute Gasteiger partial charge is 0.497 e. The summed E-state index contributed by atoms with van der Waals surface area (Å²) in [4.78, 5) is 20.9. The van der Waals surface area contributed by atoms with Crippen molar-refractivity contribution in [3.8, 4) is 22.7 Å². The van der Waals surface area contributed by atoms with Gasteiger partial charge >= 0.3 is 0 Å². The van der Waals surface area contributed by atoms with Crippen molar-refractivity contribution in [2.24, 2.45) is 4.99 Å². The minimum atomic E-state index is -0.131. The number of ether oxygens (including phenoxy) is 1. The van der Waals surface area contributed by atoms with Crippen molar-refractivity contribution in [3.63, 3.8) is 0 Å². The first-order valence-electron chi connectivity index (χ1n) is 12.4. The number of carbonyl (C=O) groups is 1. The van der Waals surface area contributed by atoms with E-state index in [1.807, 2.05) is 132 Å². The third-order valence-corrected chi connectivity index (χ3v) is 7.18. The van der Waals surface area contributed by atoms with Gasteiger partial charge in [0.05, 0.1) is 34.8 Å². The fourth-order valence-electron chi connectivity index (χ4n) is 4.29. The van der Waals surface area contributed by atoms with Crippen LogP contribution in [0.2, 0.25) is 0 Å². The van der Waals surface area contributed by atoms with Gasteiger partial charge in [0.25, 0.3) is 5.91 Å². The Morgan fingerprint density at radius 2 is 1.41 bits per heavy atom. The van der Waals surface area contributed by atoms with E-state index < -0.39 is 0 Å². The molecule has 0 spiro atoms. The molecule has 190 valence electrons. The summed E-state index contributed by atoms with van der Waals surface area (Å²) >= 11 is 1.36. The average molecular weight is 529 g/mol. The first-order valence-corrected chi connectivity index (χ1v) is 13.2. The van der Waals surface area contributed by atoms with Crippen LogP contribution in [0.15, 0.2) is 131 Å². The van der Waals surface area contributed by atoms with Crippen molar-refractivity contribution in [1.82, 2.24) is 9.78 Å². The molecule has 0 unspecified atom stereocenters. The number of nitrogens with zero attached hydrogens (tertiary/aromatic N) is 4. The lowest BCUT2D eigenvalue weighted by Crippen LogP contribution is -2.28. The number of amidine groups is 1. The van der Waals surface area contributed by atoms with Crippen LogP contribution in [0.1, 0.15) is 5.56 Å². The molecular formula is C32H24N4O2S. The second-order valence-corrected chi connectivity index (χ2v) is 9.77. The summed E-state index contributed by atoms with van der Waals surface area (Å²) in [6.07, 6.45) is 3.86. The molecule has 1 fully saturated rings. The van der Waals surface area contributed by atoms with Gasteiger partial charge in [0.1, 0.15) is 5.75 Å². The second kappa shape index (κ2) is 10.8. The number of para-hydroxylation sites is 3. The van der Waals surface area contributed by atoms with E-state index in [9.17, 15) is 4.79 Å². The number of carbonyl (C=O) groups excluding carboxylic acids is 1. The van der Waals surface area contributed by atoms with Gasteiger partial charge in [0, 0.05) is 17.3 Å². The van der Waals surface area contributed by atoms with Gasteiger partial charge in [-0.3, -0.25) is 9.69 Å². The van der Waals surface area contributed by atoms with Crippen molar-refractivity contribution in [2.45, 2.75) is 0 Å². The van der Waals surface area contributed by atoms with Crippen LogP contribution in [0.25, 0.3) is 23.0 Å². The molecule has 1 aliphatic heterocycles. The smallest absolute Gasteiger partial charge is 0.271 e. The Balaban J connectivity index is 1.46. The number of aromatic nitrogens is 2. The molecule has 1 aromatic heterocycles. The van der Waals surface area contributed by atoms with Gasteiger partial charge in [0.2, 0.25) is 0 Å². The summed E-state index contributed by atoms with van der Waals surface area (Å²) in [5, 5.41) is 5.51. The molecule has 4 aromatic carbocycles. The Hall–Kier alpha value is -4.88. The summed E-state index contributed by atoms with van der Waals surface area (Å²) in [5.74, 6) is 0.636. The zero-order chi connectivity index (χ0) is 26.6. The van der Waals surface area contributed by atoms with Gasteiger partial charge in [-0.05, 0) is 78.5 Å². The molecule has 0 saturated carbocycles. The molecule has 5 aromatic rings.